The number of H-pyrrole nitrogens is 1. The van der Waals surface area contributed by atoms with Crippen LogP contribution in [-0.2, 0) is 9.84 Å². The zero-order valence-electron chi connectivity index (χ0n) is 15.6. The first-order valence-electron chi connectivity index (χ1n) is 8.57. The van der Waals surface area contributed by atoms with Gasteiger partial charge in [-0.3, -0.25) is 5.10 Å². The van der Waals surface area contributed by atoms with E-state index >= 15 is 0 Å². The van der Waals surface area contributed by atoms with Gasteiger partial charge >= 0.3 is 0 Å². The van der Waals surface area contributed by atoms with Gasteiger partial charge in [0.15, 0.2) is 9.84 Å². The first-order chi connectivity index (χ1) is 13.7. The maximum absolute atomic E-state index is 11.9. The zero-order valence-corrected chi connectivity index (χ0v) is 17.1. The van der Waals surface area contributed by atoms with Crippen LogP contribution in [0.3, 0.4) is 0 Å². The lowest BCUT2D eigenvalue weighted by molar-refractivity contribution is 0.601. The number of aromatic amines is 1. The van der Waals surface area contributed by atoms with E-state index in [-0.39, 0.29) is 16.7 Å². The number of anilines is 3. The SMILES string of the molecule is Cc1ccc(Nc2ncc(-c3n[nH]c4c(Cl)cccc34)c(N)n2)cc1S(C)(=O)=O. The smallest absolute Gasteiger partial charge is 0.229 e. The van der Waals surface area contributed by atoms with Crippen molar-refractivity contribution in [2.75, 3.05) is 17.3 Å². The van der Waals surface area contributed by atoms with Crippen LogP contribution in [0.5, 0.6) is 0 Å². The van der Waals surface area contributed by atoms with E-state index in [4.69, 9.17) is 17.3 Å². The molecule has 0 aliphatic carbocycles. The summed E-state index contributed by atoms with van der Waals surface area (Å²) in [4.78, 5) is 8.83. The lowest BCUT2D eigenvalue weighted by atomic mass is 10.1. The fourth-order valence-electron chi connectivity index (χ4n) is 3.06. The summed E-state index contributed by atoms with van der Waals surface area (Å²) in [5, 5.41) is 11.5. The maximum atomic E-state index is 11.9. The molecule has 0 fully saturated rings. The number of nitrogens with zero attached hydrogens (tertiary/aromatic N) is 3. The summed E-state index contributed by atoms with van der Waals surface area (Å²) < 4.78 is 23.8. The van der Waals surface area contributed by atoms with E-state index in [2.05, 4.69) is 25.5 Å². The molecule has 2 aromatic heterocycles. The quantitative estimate of drug-likeness (QED) is 0.452. The van der Waals surface area contributed by atoms with Gasteiger partial charge in [-0.25, -0.2) is 13.4 Å². The molecule has 0 saturated heterocycles. The predicted octanol–water partition coefficient (Wildman–Crippen LogP) is 3.71. The largest absolute Gasteiger partial charge is 0.383 e. The monoisotopic (exact) mass is 428 g/mol. The zero-order chi connectivity index (χ0) is 20.8. The highest BCUT2D eigenvalue weighted by Crippen LogP contribution is 2.32. The number of fused-ring (bicyclic) bond motifs is 1. The molecule has 0 atom stereocenters. The van der Waals surface area contributed by atoms with Crippen LogP contribution in [0.1, 0.15) is 5.56 Å². The summed E-state index contributed by atoms with van der Waals surface area (Å²) in [5.41, 5.74) is 9.22. The molecule has 0 bridgehead atoms. The number of nitrogens with two attached hydrogens (primary N) is 1. The third-order valence-corrected chi connectivity index (χ3v) is 6.02. The van der Waals surface area contributed by atoms with Crippen LogP contribution >= 0.6 is 11.6 Å². The number of benzene rings is 2. The Balaban J connectivity index is 1.69. The second-order valence-electron chi connectivity index (χ2n) is 6.60. The Morgan fingerprint density at radius 3 is 2.72 bits per heavy atom. The van der Waals surface area contributed by atoms with Crippen LogP contribution in [0.15, 0.2) is 47.5 Å². The molecule has 0 spiro atoms. The average Bonchev–Trinajstić information content (AvgIpc) is 3.08. The van der Waals surface area contributed by atoms with Gasteiger partial charge in [0.25, 0.3) is 0 Å². The van der Waals surface area contributed by atoms with Gasteiger partial charge < -0.3 is 11.1 Å². The van der Waals surface area contributed by atoms with E-state index < -0.39 is 9.84 Å². The van der Waals surface area contributed by atoms with Gasteiger partial charge in [-0.05, 0) is 30.7 Å². The number of nitrogen functional groups attached to an aromatic ring is 1. The summed E-state index contributed by atoms with van der Waals surface area (Å²) in [7, 11) is -3.35. The highest BCUT2D eigenvalue weighted by Gasteiger charge is 2.16. The molecular weight excluding hydrogens is 412 g/mol. The standard InChI is InChI=1S/C19H17ClN6O2S/c1-10-6-7-11(8-15(10)29(2,27)28)23-19-22-9-13(18(21)24-19)16-12-4-3-5-14(20)17(12)26-25-16/h3-9H,1-2H3,(H,25,26)(H3,21,22,23,24). The van der Waals surface area contributed by atoms with Gasteiger partial charge in [0.2, 0.25) is 5.95 Å². The number of halogens is 1. The summed E-state index contributed by atoms with van der Waals surface area (Å²) in [5.74, 6) is 0.471. The van der Waals surface area contributed by atoms with E-state index in [1.165, 1.54) is 6.26 Å². The van der Waals surface area contributed by atoms with Gasteiger partial charge in [-0.15, -0.1) is 0 Å². The number of aromatic nitrogens is 4. The maximum Gasteiger partial charge on any atom is 0.229 e. The lowest BCUT2D eigenvalue weighted by Gasteiger charge is -2.10. The summed E-state index contributed by atoms with van der Waals surface area (Å²) in [6, 6.07) is 10.5. The molecule has 0 aliphatic rings. The predicted molar refractivity (Wildman–Crippen MR) is 114 cm³/mol. The van der Waals surface area contributed by atoms with Crippen molar-refractivity contribution in [1.29, 1.82) is 0 Å². The van der Waals surface area contributed by atoms with Gasteiger partial charge in [0, 0.05) is 23.5 Å². The lowest BCUT2D eigenvalue weighted by Crippen LogP contribution is -2.04. The van der Waals surface area contributed by atoms with Crippen molar-refractivity contribution in [3.05, 3.63) is 53.2 Å². The highest BCUT2D eigenvalue weighted by atomic mass is 35.5. The van der Waals surface area contributed by atoms with Crippen LogP contribution in [0.4, 0.5) is 17.5 Å². The normalized spacial score (nSPS) is 11.7. The van der Waals surface area contributed by atoms with E-state index in [0.717, 1.165) is 5.39 Å². The van der Waals surface area contributed by atoms with Gasteiger partial charge in [-0.2, -0.15) is 10.1 Å². The van der Waals surface area contributed by atoms with E-state index in [9.17, 15) is 8.42 Å². The van der Waals surface area contributed by atoms with Crippen molar-refractivity contribution >= 4 is 49.8 Å². The molecule has 4 aromatic rings. The average molecular weight is 429 g/mol. The van der Waals surface area contributed by atoms with Gasteiger partial charge in [-0.1, -0.05) is 29.8 Å². The first-order valence-corrected chi connectivity index (χ1v) is 10.8. The van der Waals surface area contributed by atoms with Crippen LogP contribution < -0.4 is 11.1 Å². The molecule has 4 rings (SSSR count). The molecule has 2 heterocycles. The third kappa shape index (κ3) is 3.62. The van der Waals surface area contributed by atoms with Crippen LogP contribution in [-0.4, -0.2) is 34.8 Å². The van der Waals surface area contributed by atoms with Crippen molar-refractivity contribution in [2.45, 2.75) is 11.8 Å². The molecule has 0 radical (unpaired) electrons. The molecule has 8 nitrogen and oxygen atoms in total. The number of hydrogen-bond acceptors (Lipinski definition) is 7. The Hall–Kier alpha value is -3.17. The minimum atomic E-state index is -3.35. The van der Waals surface area contributed by atoms with Crippen molar-refractivity contribution in [2.24, 2.45) is 0 Å². The Labute approximate surface area is 172 Å². The number of aryl methyl sites for hydroxylation is 1. The number of nitrogens with one attached hydrogen (secondary N) is 2. The van der Waals surface area contributed by atoms with E-state index in [1.807, 2.05) is 12.1 Å². The molecule has 0 aliphatic heterocycles. The summed E-state index contributed by atoms with van der Waals surface area (Å²) >= 11 is 6.18. The second kappa shape index (κ2) is 7.02. The summed E-state index contributed by atoms with van der Waals surface area (Å²) in [6.45, 7) is 1.74. The fraction of sp³-hybridized carbons (Fsp3) is 0.105. The third-order valence-electron chi connectivity index (χ3n) is 4.47. The highest BCUT2D eigenvalue weighted by molar-refractivity contribution is 7.90. The van der Waals surface area contributed by atoms with Gasteiger partial charge in [0.1, 0.15) is 11.5 Å². The molecule has 0 unspecified atom stereocenters. The molecular formula is C19H17ClN6O2S. The Bertz CT molecular complexity index is 1350. The topological polar surface area (TPSA) is 127 Å². The summed E-state index contributed by atoms with van der Waals surface area (Å²) in [6.07, 6.45) is 2.73. The van der Waals surface area contributed by atoms with Gasteiger partial charge in [0.05, 0.1) is 21.0 Å². The fourth-order valence-corrected chi connectivity index (χ4v) is 4.27. The van der Waals surface area contributed by atoms with Crippen LogP contribution in [0.25, 0.3) is 22.2 Å². The molecule has 29 heavy (non-hydrogen) atoms. The number of para-hydroxylation sites is 1. The molecule has 0 amide bonds. The minimum absolute atomic E-state index is 0.228. The van der Waals surface area contributed by atoms with E-state index in [0.29, 0.717) is 33.0 Å². The van der Waals surface area contributed by atoms with Crippen LogP contribution in [0.2, 0.25) is 5.02 Å². The Morgan fingerprint density at radius 1 is 1.21 bits per heavy atom. The molecule has 148 valence electrons. The van der Waals surface area contributed by atoms with Crippen molar-refractivity contribution < 1.29 is 8.42 Å². The molecule has 2 aromatic carbocycles. The van der Waals surface area contributed by atoms with E-state index in [1.54, 1.807) is 37.4 Å². The molecule has 10 heteroatoms. The molecule has 0 saturated carbocycles. The molecule has 4 N–H and O–H groups in total. The second-order valence-corrected chi connectivity index (χ2v) is 9.00. The van der Waals surface area contributed by atoms with Crippen molar-refractivity contribution in [1.82, 2.24) is 20.2 Å². The number of hydrogen-bond donors (Lipinski definition) is 3. The number of rotatable bonds is 4. The van der Waals surface area contributed by atoms with Crippen LogP contribution in [0, 0.1) is 6.92 Å². The Kier molecular flexibility index (Phi) is 4.64. The minimum Gasteiger partial charge on any atom is -0.383 e. The Morgan fingerprint density at radius 2 is 2.00 bits per heavy atom. The van der Waals surface area contributed by atoms with Crippen molar-refractivity contribution in [3.63, 3.8) is 0 Å². The van der Waals surface area contributed by atoms with Crippen molar-refractivity contribution in [3.8, 4) is 11.3 Å². The number of sulfone groups is 1. The first kappa shape index (κ1) is 19.2.